The highest BCUT2D eigenvalue weighted by molar-refractivity contribution is 9.10. The fraction of sp³-hybridized carbons (Fsp3) is 0.462. The molecular formula is C13H17BrN2O4S. The fourth-order valence-electron chi connectivity index (χ4n) is 2.17. The molecule has 8 heteroatoms. The van der Waals surface area contributed by atoms with Crippen molar-refractivity contribution in [3.05, 3.63) is 28.7 Å². The Kier molecular flexibility index (Phi) is 5.37. The van der Waals surface area contributed by atoms with Gasteiger partial charge in [-0.05, 0) is 28.1 Å². The molecule has 116 valence electrons. The molecule has 0 aliphatic carbocycles. The fourth-order valence-corrected chi connectivity index (χ4v) is 4.55. The number of hydrogen-bond acceptors (Lipinski definition) is 5. The molecule has 1 aromatic rings. The second-order valence-corrected chi connectivity index (χ2v) is 7.45. The quantitative estimate of drug-likeness (QED) is 0.731. The van der Waals surface area contributed by atoms with Gasteiger partial charge >= 0.3 is 5.97 Å². The summed E-state index contributed by atoms with van der Waals surface area (Å²) in [6, 6.07) is 6.77. The van der Waals surface area contributed by atoms with Gasteiger partial charge in [0.15, 0.2) is 0 Å². The first-order valence-electron chi connectivity index (χ1n) is 6.49. The zero-order chi connectivity index (χ0) is 15.5. The number of sulfonamides is 1. The molecular weight excluding hydrogens is 360 g/mol. The lowest BCUT2D eigenvalue weighted by molar-refractivity contribution is -0.142. The van der Waals surface area contributed by atoms with E-state index >= 15 is 0 Å². The van der Waals surface area contributed by atoms with E-state index in [4.69, 9.17) is 0 Å². The van der Waals surface area contributed by atoms with E-state index in [0.717, 1.165) is 0 Å². The molecule has 1 fully saturated rings. The van der Waals surface area contributed by atoms with Crippen molar-refractivity contribution in [2.75, 3.05) is 39.8 Å². The molecule has 0 amide bonds. The maximum absolute atomic E-state index is 12.6. The van der Waals surface area contributed by atoms with Crippen LogP contribution in [0.25, 0.3) is 0 Å². The Morgan fingerprint density at radius 1 is 1.24 bits per heavy atom. The van der Waals surface area contributed by atoms with E-state index in [1.165, 1.54) is 11.4 Å². The molecule has 0 unspecified atom stereocenters. The van der Waals surface area contributed by atoms with Gasteiger partial charge in [0, 0.05) is 30.7 Å². The summed E-state index contributed by atoms with van der Waals surface area (Å²) < 4.78 is 31.8. The summed E-state index contributed by atoms with van der Waals surface area (Å²) in [7, 11) is -2.16. The number of hydrogen-bond donors (Lipinski definition) is 0. The van der Waals surface area contributed by atoms with Gasteiger partial charge in [-0.25, -0.2) is 8.42 Å². The van der Waals surface area contributed by atoms with E-state index < -0.39 is 10.0 Å². The van der Waals surface area contributed by atoms with Gasteiger partial charge in [0.25, 0.3) is 0 Å². The minimum absolute atomic E-state index is 0.194. The Morgan fingerprint density at radius 3 is 2.43 bits per heavy atom. The first kappa shape index (κ1) is 16.4. The molecule has 6 nitrogen and oxygen atoms in total. The summed E-state index contributed by atoms with van der Waals surface area (Å²) in [5.74, 6) is -0.308. The van der Waals surface area contributed by atoms with Gasteiger partial charge in [-0.2, -0.15) is 4.31 Å². The SMILES string of the molecule is COC(=O)CN1CCN(S(=O)(=O)c2ccccc2Br)CC1. The van der Waals surface area contributed by atoms with E-state index in [2.05, 4.69) is 20.7 Å². The maximum atomic E-state index is 12.6. The molecule has 0 atom stereocenters. The number of esters is 1. The molecule has 1 saturated heterocycles. The largest absolute Gasteiger partial charge is 0.468 e. The molecule has 1 aliphatic heterocycles. The molecule has 1 aromatic carbocycles. The predicted octanol–water partition coefficient (Wildman–Crippen LogP) is 0.928. The Balaban J connectivity index is 2.05. The topological polar surface area (TPSA) is 66.9 Å². The molecule has 0 radical (unpaired) electrons. The third-order valence-electron chi connectivity index (χ3n) is 3.37. The summed E-state index contributed by atoms with van der Waals surface area (Å²) in [5, 5.41) is 0. The lowest BCUT2D eigenvalue weighted by Crippen LogP contribution is -2.49. The normalized spacial score (nSPS) is 17.6. The first-order valence-corrected chi connectivity index (χ1v) is 8.72. The van der Waals surface area contributed by atoms with Crippen LogP contribution in [0, 0.1) is 0 Å². The Hall–Kier alpha value is -0.960. The van der Waals surface area contributed by atoms with Crippen molar-refractivity contribution in [3.63, 3.8) is 0 Å². The Bertz CT molecular complexity index is 612. The number of carbonyl (C=O) groups excluding carboxylic acids is 1. The molecule has 1 heterocycles. The summed E-state index contributed by atoms with van der Waals surface area (Å²) in [6.07, 6.45) is 0. The minimum Gasteiger partial charge on any atom is -0.468 e. The third-order valence-corrected chi connectivity index (χ3v) is 6.28. The summed E-state index contributed by atoms with van der Waals surface area (Å²) in [4.78, 5) is 13.4. The predicted molar refractivity (Wildman–Crippen MR) is 81.4 cm³/mol. The van der Waals surface area contributed by atoms with Gasteiger partial charge in [0.2, 0.25) is 10.0 Å². The van der Waals surface area contributed by atoms with Crippen molar-refractivity contribution < 1.29 is 17.9 Å². The first-order chi connectivity index (χ1) is 9.95. The van der Waals surface area contributed by atoms with Gasteiger partial charge in [-0.3, -0.25) is 9.69 Å². The Morgan fingerprint density at radius 2 is 1.86 bits per heavy atom. The van der Waals surface area contributed by atoms with Gasteiger partial charge in [-0.1, -0.05) is 12.1 Å². The van der Waals surface area contributed by atoms with Crippen molar-refractivity contribution in [1.29, 1.82) is 0 Å². The van der Waals surface area contributed by atoms with E-state index in [-0.39, 0.29) is 17.4 Å². The lowest BCUT2D eigenvalue weighted by atomic mass is 10.3. The second kappa shape index (κ2) is 6.87. The maximum Gasteiger partial charge on any atom is 0.319 e. The van der Waals surface area contributed by atoms with Crippen LogP contribution in [0.4, 0.5) is 0 Å². The summed E-state index contributed by atoms with van der Waals surface area (Å²) >= 11 is 3.28. The van der Waals surface area contributed by atoms with Crippen molar-refractivity contribution in [3.8, 4) is 0 Å². The molecule has 0 N–H and O–H groups in total. The number of carbonyl (C=O) groups is 1. The van der Waals surface area contributed by atoms with Crippen molar-refractivity contribution in [2.45, 2.75) is 4.90 Å². The molecule has 2 rings (SSSR count). The minimum atomic E-state index is -3.51. The van der Waals surface area contributed by atoms with Crippen LogP contribution in [0.2, 0.25) is 0 Å². The molecule has 21 heavy (non-hydrogen) atoms. The average molecular weight is 377 g/mol. The second-order valence-electron chi connectivity index (χ2n) is 4.69. The molecule has 1 aliphatic rings. The van der Waals surface area contributed by atoms with E-state index in [1.807, 2.05) is 4.90 Å². The van der Waals surface area contributed by atoms with Gasteiger partial charge in [0.05, 0.1) is 18.6 Å². The van der Waals surface area contributed by atoms with E-state index in [9.17, 15) is 13.2 Å². The van der Waals surface area contributed by atoms with Crippen molar-refractivity contribution in [1.82, 2.24) is 9.21 Å². The smallest absolute Gasteiger partial charge is 0.319 e. The van der Waals surface area contributed by atoms with Gasteiger partial charge < -0.3 is 4.74 Å². The number of rotatable bonds is 4. The van der Waals surface area contributed by atoms with Crippen LogP contribution < -0.4 is 0 Å². The van der Waals surface area contributed by atoms with Crippen LogP contribution in [0.1, 0.15) is 0 Å². The zero-order valence-electron chi connectivity index (χ0n) is 11.7. The van der Waals surface area contributed by atoms with Crippen LogP contribution in [-0.4, -0.2) is 63.4 Å². The van der Waals surface area contributed by atoms with Crippen molar-refractivity contribution >= 4 is 31.9 Å². The van der Waals surface area contributed by atoms with Crippen LogP contribution in [0.15, 0.2) is 33.6 Å². The number of methoxy groups -OCH3 is 1. The lowest BCUT2D eigenvalue weighted by Gasteiger charge is -2.33. The number of piperazine rings is 1. The summed E-state index contributed by atoms with van der Waals surface area (Å²) in [6.45, 7) is 1.94. The van der Waals surface area contributed by atoms with E-state index in [1.54, 1.807) is 24.3 Å². The van der Waals surface area contributed by atoms with Gasteiger partial charge in [0.1, 0.15) is 0 Å². The number of halogens is 1. The molecule has 0 aromatic heterocycles. The standard InChI is InChI=1S/C13H17BrN2O4S/c1-20-13(17)10-15-6-8-16(9-7-15)21(18,19)12-5-3-2-4-11(12)14/h2-5H,6-10H2,1H3. The van der Waals surface area contributed by atoms with Crippen LogP contribution >= 0.6 is 15.9 Å². The highest BCUT2D eigenvalue weighted by Gasteiger charge is 2.30. The number of nitrogens with zero attached hydrogens (tertiary/aromatic N) is 2. The van der Waals surface area contributed by atoms with Crippen LogP contribution in [0.3, 0.4) is 0 Å². The van der Waals surface area contributed by atoms with Gasteiger partial charge in [-0.15, -0.1) is 0 Å². The Labute approximate surface area is 132 Å². The van der Waals surface area contributed by atoms with Crippen LogP contribution in [0.5, 0.6) is 0 Å². The number of ether oxygens (including phenoxy) is 1. The molecule has 0 saturated carbocycles. The third kappa shape index (κ3) is 3.82. The molecule has 0 bridgehead atoms. The van der Waals surface area contributed by atoms with Crippen molar-refractivity contribution in [2.24, 2.45) is 0 Å². The average Bonchev–Trinajstić information content (AvgIpc) is 2.48. The molecule has 0 spiro atoms. The highest BCUT2D eigenvalue weighted by Crippen LogP contribution is 2.25. The number of benzene rings is 1. The van der Waals surface area contributed by atoms with Crippen LogP contribution in [-0.2, 0) is 19.6 Å². The zero-order valence-corrected chi connectivity index (χ0v) is 14.1. The highest BCUT2D eigenvalue weighted by atomic mass is 79.9. The monoisotopic (exact) mass is 376 g/mol. The van der Waals surface area contributed by atoms with E-state index in [0.29, 0.717) is 30.7 Å². The summed E-state index contributed by atoms with van der Waals surface area (Å²) in [5.41, 5.74) is 0.